The van der Waals surface area contributed by atoms with Gasteiger partial charge in [0, 0.05) is 80.5 Å². The summed E-state index contributed by atoms with van der Waals surface area (Å²) in [7, 11) is 2.10. The van der Waals surface area contributed by atoms with Crippen molar-refractivity contribution < 1.29 is 28.2 Å². The molecule has 0 saturated carbocycles. The third-order valence-corrected chi connectivity index (χ3v) is 10.1. The molecule has 0 unspecified atom stereocenters. The molecule has 2 aromatic carbocycles. The first-order chi connectivity index (χ1) is 25.5. The van der Waals surface area contributed by atoms with Gasteiger partial charge in [-0.25, -0.2) is 14.0 Å². The Bertz CT molecular complexity index is 2090. The Kier molecular flexibility index (Phi) is 10.1. The van der Waals surface area contributed by atoms with Crippen molar-refractivity contribution in [1.29, 1.82) is 0 Å². The van der Waals surface area contributed by atoms with Crippen LogP contribution in [0.15, 0.2) is 30.5 Å². The van der Waals surface area contributed by atoms with Crippen LogP contribution < -0.4 is 14.5 Å². The van der Waals surface area contributed by atoms with Crippen molar-refractivity contribution in [1.82, 2.24) is 29.5 Å². The lowest BCUT2D eigenvalue weighted by molar-refractivity contribution is 0.0240. The number of halogens is 2. The number of carbonyl (C=O) groups excluding carboxylic acids is 2. The fourth-order valence-electron chi connectivity index (χ4n) is 7.25. The number of fused-ring (bicyclic) bond motifs is 3. The molecule has 288 valence electrons. The van der Waals surface area contributed by atoms with E-state index in [1.54, 1.807) is 25.7 Å². The maximum Gasteiger partial charge on any atom is 0.435 e. The zero-order valence-corrected chi connectivity index (χ0v) is 32.8. The highest BCUT2D eigenvalue weighted by atomic mass is 35.5. The summed E-state index contributed by atoms with van der Waals surface area (Å²) in [6, 6.07) is 7.48. The van der Waals surface area contributed by atoms with Gasteiger partial charge in [0.2, 0.25) is 0 Å². The van der Waals surface area contributed by atoms with Gasteiger partial charge in [0.1, 0.15) is 34.4 Å². The van der Waals surface area contributed by atoms with Gasteiger partial charge in [-0.3, -0.25) is 0 Å². The summed E-state index contributed by atoms with van der Waals surface area (Å²) in [5, 5.41) is 4.76. The van der Waals surface area contributed by atoms with E-state index in [4.69, 9.17) is 35.8 Å². The number of aromatic nitrogens is 4. The second-order valence-corrected chi connectivity index (χ2v) is 16.6. The monoisotopic (exact) mass is 762 g/mol. The predicted octanol–water partition coefficient (Wildman–Crippen LogP) is 7.19. The molecule has 0 spiro atoms. The van der Waals surface area contributed by atoms with E-state index in [2.05, 4.69) is 32.9 Å². The Morgan fingerprint density at radius 3 is 2.31 bits per heavy atom. The molecule has 0 radical (unpaired) electrons. The molecule has 0 bridgehead atoms. The van der Waals surface area contributed by atoms with Crippen molar-refractivity contribution in [2.75, 3.05) is 56.1 Å². The minimum atomic E-state index is -0.768. The molecule has 15 heteroatoms. The first-order valence-corrected chi connectivity index (χ1v) is 18.9. The molecule has 2 aromatic heterocycles. The van der Waals surface area contributed by atoms with E-state index in [-0.39, 0.29) is 29.2 Å². The van der Waals surface area contributed by atoms with E-state index in [1.165, 1.54) is 17.8 Å². The van der Waals surface area contributed by atoms with Crippen molar-refractivity contribution in [3.05, 3.63) is 63.6 Å². The third kappa shape index (κ3) is 7.90. The van der Waals surface area contributed by atoms with Crippen molar-refractivity contribution >= 4 is 46.3 Å². The summed E-state index contributed by atoms with van der Waals surface area (Å²) in [4.78, 5) is 44.3. The number of anilines is 2. The van der Waals surface area contributed by atoms with Gasteiger partial charge in [-0.15, -0.1) is 0 Å². The molecule has 0 atom stereocenters. The van der Waals surface area contributed by atoms with Crippen LogP contribution in [0.5, 0.6) is 11.8 Å². The van der Waals surface area contributed by atoms with Crippen LogP contribution in [0.25, 0.3) is 10.9 Å². The molecular weight excluding hydrogens is 715 g/mol. The van der Waals surface area contributed by atoms with Gasteiger partial charge >= 0.3 is 18.2 Å². The Morgan fingerprint density at radius 2 is 1.59 bits per heavy atom. The van der Waals surface area contributed by atoms with Crippen molar-refractivity contribution in [2.45, 2.75) is 85.1 Å². The second-order valence-electron chi connectivity index (χ2n) is 16.2. The molecule has 54 heavy (non-hydrogen) atoms. The SMILES string of the molecule is CN1CCc2c(cccc2Oc2nc(N3CCN(C(=O)OC(C)(C)C)CC3)c3c(n2)N(Cc2c(Cl)c(F)cc4c2cnn4C(=O)OC(C)(C)C)CCC3)C1. The smallest absolute Gasteiger partial charge is 0.435 e. The lowest BCUT2D eigenvalue weighted by Gasteiger charge is -2.38. The molecule has 4 aromatic rings. The summed E-state index contributed by atoms with van der Waals surface area (Å²) in [5.74, 6) is 1.44. The van der Waals surface area contributed by atoms with E-state index in [1.807, 2.05) is 32.9 Å². The van der Waals surface area contributed by atoms with E-state index in [0.29, 0.717) is 61.7 Å². The highest BCUT2D eigenvalue weighted by Crippen LogP contribution is 2.39. The van der Waals surface area contributed by atoms with Crippen LogP contribution >= 0.6 is 11.6 Å². The van der Waals surface area contributed by atoms with Gasteiger partial charge in [-0.2, -0.15) is 19.7 Å². The third-order valence-electron chi connectivity index (χ3n) is 9.73. The predicted molar refractivity (Wildman–Crippen MR) is 204 cm³/mol. The molecule has 1 amide bonds. The van der Waals surface area contributed by atoms with Crippen LogP contribution in [0.1, 0.15) is 70.2 Å². The van der Waals surface area contributed by atoms with Gasteiger partial charge in [0.05, 0.1) is 16.7 Å². The fraction of sp³-hybridized carbons (Fsp3) is 0.513. The first-order valence-electron chi connectivity index (χ1n) is 18.5. The quantitative estimate of drug-likeness (QED) is 0.206. The highest BCUT2D eigenvalue weighted by molar-refractivity contribution is 6.32. The molecular formula is C39H48ClFN8O5. The number of piperazine rings is 1. The number of hydrogen-bond acceptors (Lipinski definition) is 11. The van der Waals surface area contributed by atoms with E-state index in [9.17, 15) is 9.59 Å². The summed E-state index contributed by atoms with van der Waals surface area (Å²) in [6.07, 6.45) is 2.80. The van der Waals surface area contributed by atoms with Gasteiger partial charge in [0.25, 0.3) is 0 Å². The van der Waals surface area contributed by atoms with Crippen LogP contribution in [0.2, 0.25) is 5.02 Å². The normalized spacial score (nSPS) is 16.6. The maximum absolute atomic E-state index is 15.5. The summed E-state index contributed by atoms with van der Waals surface area (Å²) >= 11 is 6.70. The topological polar surface area (TPSA) is 118 Å². The van der Waals surface area contributed by atoms with Crippen LogP contribution in [-0.4, -0.2) is 99.3 Å². The molecule has 3 aliphatic rings. The molecule has 1 saturated heterocycles. The average molecular weight is 763 g/mol. The molecule has 7 rings (SSSR count). The number of rotatable bonds is 5. The minimum Gasteiger partial charge on any atom is -0.444 e. The zero-order chi connectivity index (χ0) is 38.5. The number of ether oxygens (including phenoxy) is 3. The second kappa shape index (κ2) is 14.5. The minimum absolute atomic E-state index is 0.0525. The van der Waals surface area contributed by atoms with Crippen LogP contribution in [-0.2, 0) is 35.4 Å². The molecule has 1 fully saturated rings. The molecule has 0 N–H and O–H groups in total. The van der Waals surface area contributed by atoms with Gasteiger partial charge in [-0.05, 0) is 79.5 Å². The Labute approximate surface area is 319 Å². The summed E-state index contributed by atoms with van der Waals surface area (Å²) < 4.78 is 34.4. The largest absolute Gasteiger partial charge is 0.444 e. The fourth-order valence-corrected chi connectivity index (χ4v) is 7.46. The standard InChI is InChI=1S/C39H48ClFN8O5/c1-38(2,3)53-36(50)47-18-16-46(17-19-47)33-26-11-9-14-48(34(26)44-35(43-33)52-31-12-8-10-24-22-45(7)15-13-25(24)31)23-28-27-21-42-49(37(51)54-39(4,5)6)30(27)20-29(41)32(28)40/h8,10,12,20-21H,9,11,13-19,22-23H2,1-7H3. The molecule has 3 aliphatic heterocycles. The van der Waals surface area contributed by atoms with E-state index < -0.39 is 23.1 Å². The first kappa shape index (κ1) is 37.6. The zero-order valence-electron chi connectivity index (χ0n) is 32.0. The van der Waals surface area contributed by atoms with Crippen molar-refractivity contribution in [3.63, 3.8) is 0 Å². The highest BCUT2D eigenvalue weighted by Gasteiger charge is 2.33. The molecule has 5 heterocycles. The van der Waals surface area contributed by atoms with Crippen LogP contribution in [0, 0.1) is 5.82 Å². The van der Waals surface area contributed by atoms with Gasteiger partial charge in [0.15, 0.2) is 0 Å². The Hall–Kier alpha value is -4.69. The average Bonchev–Trinajstić information content (AvgIpc) is 3.52. The number of amides is 1. The number of nitrogens with zero attached hydrogens (tertiary/aromatic N) is 8. The van der Waals surface area contributed by atoms with E-state index >= 15 is 4.39 Å². The van der Waals surface area contributed by atoms with Crippen molar-refractivity contribution in [2.24, 2.45) is 0 Å². The number of likely N-dealkylation sites (N-methyl/N-ethyl adjacent to an activating group) is 1. The number of benzene rings is 2. The maximum atomic E-state index is 15.5. The van der Waals surface area contributed by atoms with Gasteiger partial charge in [-0.1, -0.05) is 23.7 Å². The lowest BCUT2D eigenvalue weighted by atomic mass is 9.99. The van der Waals surface area contributed by atoms with Crippen LogP contribution in [0.3, 0.4) is 0 Å². The van der Waals surface area contributed by atoms with Crippen LogP contribution in [0.4, 0.5) is 25.6 Å². The summed E-state index contributed by atoms with van der Waals surface area (Å²) in [5.41, 5.74) is 2.65. The van der Waals surface area contributed by atoms with E-state index in [0.717, 1.165) is 47.6 Å². The molecule has 13 nitrogen and oxygen atoms in total. The lowest BCUT2D eigenvalue weighted by Crippen LogP contribution is -2.50. The number of hydrogen-bond donors (Lipinski definition) is 0. The van der Waals surface area contributed by atoms with Crippen molar-refractivity contribution in [3.8, 4) is 11.8 Å². The Balaban J connectivity index is 1.26. The Morgan fingerprint density at radius 1 is 0.889 bits per heavy atom. The molecule has 0 aliphatic carbocycles. The summed E-state index contributed by atoms with van der Waals surface area (Å²) in [6.45, 7) is 15.4. The number of carbonyl (C=O) groups is 2. The van der Waals surface area contributed by atoms with Gasteiger partial charge < -0.3 is 33.8 Å².